The van der Waals surface area contributed by atoms with E-state index in [0.717, 1.165) is 12.6 Å². The highest BCUT2D eigenvalue weighted by Gasteiger charge is 1.82. The summed E-state index contributed by atoms with van der Waals surface area (Å²) in [6.45, 7) is 3.27. The van der Waals surface area contributed by atoms with E-state index in [1.165, 1.54) is 0 Å². The third-order valence-corrected chi connectivity index (χ3v) is 1.22. The summed E-state index contributed by atoms with van der Waals surface area (Å²) >= 11 is 0. The molecule has 0 aliphatic rings. The van der Waals surface area contributed by atoms with Gasteiger partial charge in [-0.25, -0.2) is 4.79 Å². The number of aliphatic carboxylic acids is 1. The van der Waals surface area contributed by atoms with E-state index in [0.29, 0.717) is 6.54 Å². The van der Waals surface area contributed by atoms with Crippen LogP contribution in [-0.4, -0.2) is 24.2 Å². The molecular formula is C10H15NO2. The van der Waals surface area contributed by atoms with Crippen LogP contribution < -0.4 is 5.32 Å². The van der Waals surface area contributed by atoms with Crippen molar-refractivity contribution in [3.8, 4) is 0 Å². The van der Waals surface area contributed by atoms with Gasteiger partial charge in [-0.2, -0.15) is 0 Å². The minimum Gasteiger partial charge on any atom is -0.478 e. The standard InChI is InChI=1S/C10H15NO2/c1-2-3-4-5-8-11-9-6-7-10(12)13/h2-7,11H,8-9H2,1H3,(H,12,13)/b3-2+,5-4+,7-6+. The molecule has 0 saturated carbocycles. The van der Waals surface area contributed by atoms with E-state index in [9.17, 15) is 4.79 Å². The average molecular weight is 181 g/mol. The van der Waals surface area contributed by atoms with E-state index < -0.39 is 5.97 Å². The monoisotopic (exact) mass is 181 g/mol. The molecule has 3 heteroatoms. The van der Waals surface area contributed by atoms with Gasteiger partial charge in [0.2, 0.25) is 0 Å². The molecule has 0 radical (unpaired) electrons. The molecule has 0 saturated heterocycles. The van der Waals surface area contributed by atoms with Crippen molar-refractivity contribution >= 4 is 5.97 Å². The molecule has 2 N–H and O–H groups in total. The van der Waals surface area contributed by atoms with Gasteiger partial charge in [-0.15, -0.1) is 0 Å². The molecule has 0 fully saturated rings. The lowest BCUT2D eigenvalue weighted by Gasteiger charge is -1.92. The largest absolute Gasteiger partial charge is 0.478 e. The molecule has 0 aliphatic carbocycles. The maximum absolute atomic E-state index is 10.0. The number of carboxylic acid groups (broad SMARTS) is 1. The summed E-state index contributed by atoms with van der Waals surface area (Å²) in [5.41, 5.74) is 0. The highest BCUT2D eigenvalue weighted by molar-refractivity contribution is 5.79. The molecule has 0 aromatic heterocycles. The Morgan fingerprint density at radius 3 is 2.62 bits per heavy atom. The van der Waals surface area contributed by atoms with Crippen LogP contribution >= 0.6 is 0 Å². The Labute approximate surface area is 78.5 Å². The zero-order valence-electron chi connectivity index (χ0n) is 7.73. The molecular weight excluding hydrogens is 166 g/mol. The zero-order chi connectivity index (χ0) is 9.94. The van der Waals surface area contributed by atoms with Crippen molar-refractivity contribution in [3.63, 3.8) is 0 Å². The third-order valence-electron chi connectivity index (χ3n) is 1.22. The molecule has 0 bridgehead atoms. The van der Waals surface area contributed by atoms with Crippen molar-refractivity contribution in [2.75, 3.05) is 13.1 Å². The van der Waals surface area contributed by atoms with Gasteiger partial charge in [0.1, 0.15) is 0 Å². The Morgan fingerprint density at radius 1 is 1.31 bits per heavy atom. The van der Waals surface area contributed by atoms with E-state index in [4.69, 9.17) is 5.11 Å². The molecule has 13 heavy (non-hydrogen) atoms. The topological polar surface area (TPSA) is 49.3 Å². The summed E-state index contributed by atoms with van der Waals surface area (Å²) in [7, 11) is 0. The van der Waals surface area contributed by atoms with Gasteiger partial charge >= 0.3 is 5.97 Å². The minimum absolute atomic E-state index is 0.576. The maximum Gasteiger partial charge on any atom is 0.328 e. The van der Waals surface area contributed by atoms with E-state index >= 15 is 0 Å². The van der Waals surface area contributed by atoms with Gasteiger partial charge in [0.25, 0.3) is 0 Å². The molecule has 0 aromatic carbocycles. The first-order chi connectivity index (χ1) is 6.27. The van der Waals surface area contributed by atoms with Crippen LogP contribution in [0.5, 0.6) is 0 Å². The molecule has 0 heterocycles. The molecule has 3 nitrogen and oxygen atoms in total. The van der Waals surface area contributed by atoms with E-state index in [1.807, 2.05) is 31.2 Å². The number of nitrogens with one attached hydrogen (secondary N) is 1. The lowest BCUT2D eigenvalue weighted by Crippen LogP contribution is -2.13. The summed E-state index contributed by atoms with van der Waals surface area (Å²) in [6.07, 6.45) is 10.5. The fourth-order valence-electron chi connectivity index (χ4n) is 0.667. The number of carbonyl (C=O) groups is 1. The van der Waals surface area contributed by atoms with Crippen molar-refractivity contribution < 1.29 is 9.90 Å². The average Bonchev–Trinajstić information content (AvgIpc) is 2.09. The highest BCUT2D eigenvalue weighted by atomic mass is 16.4. The molecule has 0 aliphatic heterocycles. The highest BCUT2D eigenvalue weighted by Crippen LogP contribution is 1.75. The van der Waals surface area contributed by atoms with E-state index in [-0.39, 0.29) is 0 Å². The lowest BCUT2D eigenvalue weighted by molar-refractivity contribution is -0.131. The van der Waals surface area contributed by atoms with Crippen LogP contribution in [0, 0.1) is 0 Å². The molecule has 72 valence electrons. The van der Waals surface area contributed by atoms with E-state index in [2.05, 4.69) is 5.32 Å². The first-order valence-electron chi connectivity index (χ1n) is 4.15. The number of allylic oxidation sites excluding steroid dienone is 3. The predicted molar refractivity (Wildman–Crippen MR) is 53.6 cm³/mol. The first kappa shape index (κ1) is 11.6. The van der Waals surface area contributed by atoms with Crippen LogP contribution in [0.3, 0.4) is 0 Å². The van der Waals surface area contributed by atoms with Gasteiger partial charge < -0.3 is 10.4 Å². The van der Waals surface area contributed by atoms with E-state index in [1.54, 1.807) is 6.08 Å². The number of carboxylic acids is 1. The van der Waals surface area contributed by atoms with Crippen molar-refractivity contribution in [2.24, 2.45) is 0 Å². The first-order valence-corrected chi connectivity index (χ1v) is 4.15. The molecule has 0 rings (SSSR count). The number of rotatable bonds is 6. The van der Waals surface area contributed by atoms with Gasteiger partial charge in [-0.3, -0.25) is 0 Å². The molecule has 0 unspecified atom stereocenters. The molecule has 0 atom stereocenters. The number of hydrogen-bond donors (Lipinski definition) is 2. The minimum atomic E-state index is -0.911. The molecule has 0 amide bonds. The summed E-state index contributed by atoms with van der Waals surface area (Å²) in [5.74, 6) is -0.911. The van der Waals surface area contributed by atoms with Crippen molar-refractivity contribution in [3.05, 3.63) is 36.5 Å². The SMILES string of the molecule is C/C=C/C=C/CNC/C=C/C(=O)O. The molecule has 0 aromatic rings. The Bertz CT molecular complexity index is 217. The van der Waals surface area contributed by atoms with Crippen molar-refractivity contribution in [1.29, 1.82) is 0 Å². The maximum atomic E-state index is 10.0. The Morgan fingerprint density at radius 2 is 2.00 bits per heavy atom. The second-order valence-electron chi connectivity index (χ2n) is 2.35. The molecule has 0 spiro atoms. The third kappa shape index (κ3) is 10.7. The van der Waals surface area contributed by atoms with Crippen molar-refractivity contribution in [1.82, 2.24) is 5.32 Å². The van der Waals surface area contributed by atoms with Gasteiger partial charge in [-0.05, 0) is 6.92 Å². The van der Waals surface area contributed by atoms with Gasteiger partial charge in [0, 0.05) is 19.2 Å². The van der Waals surface area contributed by atoms with Crippen LogP contribution in [0.25, 0.3) is 0 Å². The lowest BCUT2D eigenvalue weighted by atomic mass is 10.4. The van der Waals surface area contributed by atoms with Crippen LogP contribution in [0.1, 0.15) is 6.92 Å². The smallest absolute Gasteiger partial charge is 0.328 e. The summed E-state index contributed by atoms with van der Waals surface area (Å²) in [5, 5.41) is 11.3. The van der Waals surface area contributed by atoms with Crippen LogP contribution in [-0.2, 0) is 4.79 Å². The zero-order valence-corrected chi connectivity index (χ0v) is 7.73. The Balaban J connectivity index is 3.31. The van der Waals surface area contributed by atoms with Gasteiger partial charge in [0.15, 0.2) is 0 Å². The summed E-state index contributed by atoms with van der Waals surface area (Å²) < 4.78 is 0. The van der Waals surface area contributed by atoms with Crippen LogP contribution in [0.15, 0.2) is 36.5 Å². The predicted octanol–water partition coefficient (Wildman–Crippen LogP) is 1.35. The van der Waals surface area contributed by atoms with Crippen molar-refractivity contribution in [2.45, 2.75) is 6.92 Å². The Kier molecular flexibility index (Phi) is 7.84. The second kappa shape index (κ2) is 8.74. The fraction of sp³-hybridized carbons (Fsp3) is 0.300. The Hall–Kier alpha value is -1.35. The fourth-order valence-corrected chi connectivity index (χ4v) is 0.667. The van der Waals surface area contributed by atoms with Crippen LogP contribution in [0.4, 0.5) is 0 Å². The summed E-state index contributed by atoms with van der Waals surface area (Å²) in [4.78, 5) is 10.0. The van der Waals surface area contributed by atoms with Gasteiger partial charge in [0.05, 0.1) is 0 Å². The summed E-state index contributed by atoms with van der Waals surface area (Å²) in [6, 6.07) is 0. The van der Waals surface area contributed by atoms with Crippen LogP contribution in [0.2, 0.25) is 0 Å². The quantitative estimate of drug-likeness (QED) is 0.369. The second-order valence-corrected chi connectivity index (χ2v) is 2.35. The van der Waals surface area contributed by atoms with Gasteiger partial charge in [-0.1, -0.05) is 30.4 Å². The normalized spacial score (nSPS) is 12.1. The number of hydrogen-bond acceptors (Lipinski definition) is 2.